The molecule has 0 unspecified atom stereocenters. The lowest BCUT2D eigenvalue weighted by Crippen LogP contribution is -2.41. The van der Waals surface area contributed by atoms with Crippen molar-refractivity contribution in [3.05, 3.63) is 29.3 Å². The second-order valence-electron chi connectivity index (χ2n) is 6.10. The van der Waals surface area contributed by atoms with Crippen LogP contribution in [0.25, 0.3) is 0 Å². The van der Waals surface area contributed by atoms with Crippen molar-refractivity contribution in [3.8, 4) is 5.75 Å². The van der Waals surface area contributed by atoms with E-state index >= 15 is 0 Å². The van der Waals surface area contributed by atoms with Gasteiger partial charge in [-0.15, -0.1) is 0 Å². The van der Waals surface area contributed by atoms with Crippen molar-refractivity contribution < 1.29 is 14.2 Å². The van der Waals surface area contributed by atoms with Crippen molar-refractivity contribution >= 4 is 5.96 Å². The third-order valence-electron chi connectivity index (χ3n) is 3.90. The minimum Gasteiger partial charge on any atom is -0.491 e. The van der Waals surface area contributed by atoms with Gasteiger partial charge in [0, 0.05) is 53.0 Å². The molecule has 0 bridgehead atoms. The molecule has 1 aromatic carbocycles. The number of hydrogen-bond acceptors (Lipinski definition) is 5. The Kier molecular flexibility index (Phi) is 11.4. The minimum absolute atomic E-state index is 0.535. The highest BCUT2D eigenvalue weighted by molar-refractivity contribution is 5.79. The van der Waals surface area contributed by atoms with Crippen LogP contribution in [0, 0.1) is 6.92 Å². The van der Waals surface area contributed by atoms with Crippen LogP contribution in [0.4, 0.5) is 0 Å². The van der Waals surface area contributed by atoms with Gasteiger partial charge in [0.1, 0.15) is 12.4 Å². The lowest BCUT2D eigenvalue weighted by Gasteiger charge is -2.18. The Balaban J connectivity index is 2.47. The summed E-state index contributed by atoms with van der Waals surface area (Å²) in [5, 5.41) is 6.66. The Morgan fingerprint density at radius 1 is 1.08 bits per heavy atom. The number of ether oxygens (including phenoxy) is 3. The molecule has 0 aliphatic carbocycles. The van der Waals surface area contributed by atoms with Gasteiger partial charge >= 0.3 is 0 Å². The molecule has 0 aromatic heterocycles. The molecular weight excluding hydrogens is 332 g/mol. The Hall–Kier alpha value is -1.83. The monoisotopic (exact) mass is 366 g/mol. The zero-order chi connectivity index (χ0) is 19.2. The fourth-order valence-corrected chi connectivity index (χ4v) is 2.30. The molecular formula is C19H34N4O3. The maximum absolute atomic E-state index is 5.83. The molecule has 1 aromatic rings. The first-order chi connectivity index (χ1) is 12.6. The molecule has 0 fully saturated rings. The number of rotatable bonds is 12. The fraction of sp³-hybridized carbons (Fsp3) is 0.632. The Morgan fingerprint density at radius 3 is 2.54 bits per heavy atom. The van der Waals surface area contributed by atoms with Crippen LogP contribution in [0.15, 0.2) is 23.2 Å². The van der Waals surface area contributed by atoms with Crippen LogP contribution in [-0.4, -0.2) is 78.6 Å². The van der Waals surface area contributed by atoms with Gasteiger partial charge in [-0.2, -0.15) is 0 Å². The van der Waals surface area contributed by atoms with Crippen molar-refractivity contribution in [1.82, 2.24) is 15.5 Å². The molecule has 0 saturated carbocycles. The van der Waals surface area contributed by atoms with Crippen LogP contribution in [0.1, 0.15) is 11.1 Å². The summed E-state index contributed by atoms with van der Waals surface area (Å²) in [7, 11) is 7.24. The molecule has 0 amide bonds. The van der Waals surface area contributed by atoms with Crippen molar-refractivity contribution in [3.63, 3.8) is 0 Å². The first-order valence-corrected chi connectivity index (χ1v) is 8.94. The van der Waals surface area contributed by atoms with E-state index in [4.69, 9.17) is 14.2 Å². The van der Waals surface area contributed by atoms with E-state index in [1.807, 2.05) is 6.07 Å². The van der Waals surface area contributed by atoms with Crippen molar-refractivity contribution in [2.24, 2.45) is 4.99 Å². The smallest absolute Gasteiger partial charge is 0.191 e. The predicted octanol–water partition coefficient (Wildman–Crippen LogP) is 1.26. The molecule has 7 nitrogen and oxygen atoms in total. The molecule has 0 saturated heterocycles. The number of likely N-dealkylation sites (N-methyl/N-ethyl adjacent to an activating group) is 1. The third-order valence-corrected chi connectivity index (χ3v) is 3.90. The largest absolute Gasteiger partial charge is 0.491 e. The van der Waals surface area contributed by atoms with Crippen molar-refractivity contribution in [1.29, 1.82) is 0 Å². The van der Waals surface area contributed by atoms with Crippen LogP contribution < -0.4 is 15.4 Å². The molecule has 7 heteroatoms. The summed E-state index contributed by atoms with van der Waals surface area (Å²) in [6, 6.07) is 6.21. The summed E-state index contributed by atoms with van der Waals surface area (Å²) in [4.78, 5) is 6.49. The molecule has 1 rings (SSSR count). The van der Waals surface area contributed by atoms with Crippen molar-refractivity contribution in [2.75, 3.05) is 67.8 Å². The quantitative estimate of drug-likeness (QED) is 0.330. The summed E-state index contributed by atoms with van der Waals surface area (Å²) in [6.45, 7) is 7.18. The second-order valence-corrected chi connectivity index (χ2v) is 6.10. The SMILES string of the molecule is CN=C(NCCN(C)CCOC)NCc1ccc(C)cc1OCCOC. The number of methoxy groups -OCH3 is 2. The van der Waals surface area contributed by atoms with E-state index in [1.165, 1.54) is 5.56 Å². The average Bonchev–Trinajstić information content (AvgIpc) is 2.64. The summed E-state index contributed by atoms with van der Waals surface area (Å²) in [5.41, 5.74) is 2.26. The molecule has 0 aliphatic rings. The lowest BCUT2D eigenvalue weighted by molar-refractivity contribution is 0.145. The van der Waals surface area contributed by atoms with Gasteiger partial charge in [-0.05, 0) is 25.6 Å². The minimum atomic E-state index is 0.535. The van der Waals surface area contributed by atoms with E-state index < -0.39 is 0 Å². The molecule has 26 heavy (non-hydrogen) atoms. The van der Waals surface area contributed by atoms with Gasteiger partial charge in [0.15, 0.2) is 5.96 Å². The van der Waals surface area contributed by atoms with Gasteiger partial charge in [0.2, 0.25) is 0 Å². The predicted molar refractivity (Wildman–Crippen MR) is 106 cm³/mol. The normalized spacial score (nSPS) is 11.7. The number of hydrogen-bond donors (Lipinski definition) is 2. The van der Waals surface area contributed by atoms with Gasteiger partial charge in [-0.3, -0.25) is 4.99 Å². The maximum atomic E-state index is 5.83. The molecule has 2 N–H and O–H groups in total. The Bertz CT molecular complexity index is 538. The molecule has 0 radical (unpaired) electrons. The summed E-state index contributed by atoms with van der Waals surface area (Å²) < 4.78 is 16.0. The molecule has 0 heterocycles. The first kappa shape index (κ1) is 22.2. The van der Waals surface area contributed by atoms with Gasteiger partial charge in [0.05, 0.1) is 13.2 Å². The number of nitrogens with zero attached hydrogens (tertiary/aromatic N) is 2. The van der Waals surface area contributed by atoms with Gasteiger partial charge < -0.3 is 29.7 Å². The Morgan fingerprint density at radius 2 is 1.85 bits per heavy atom. The number of benzene rings is 1. The van der Waals surface area contributed by atoms with Crippen LogP contribution in [0.5, 0.6) is 5.75 Å². The number of nitrogens with one attached hydrogen (secondary N) is 2. The highest BCUT2D eigenvalue weighted by Gasteiger charge is 2.06. The van der Waals surface area contributed by atoms with E-state index in [1.54, 1.807) is 21.3 Å². The third kappa shape index (κ3) is 9.03. The van der Waals surface area contributed by atoms with E-state index in [0.717, 1.165) is 43.5 Å². The number of guanidine groups is 1. The number of aryl methyl sites for hydroxylation is 1. The first-order valence-electron chi connectivity index (χ1n) is 8.94. The second kappa shape index (κ2) is 13.4. The standard InChI is InChI=1S/C19H34N4O3/c1-16-6-7-17(18(14-16)26-13-12-25-5)15-22-19(20-2)21-8-9-23(3)10-11-24-4/h6-7,14H,8-13,15H2,1-5H3,(H2,20,21,22). The van der Waals surface area contributed by atoms with Crippen molar-refractivity contribution in [2.45, 2.75) is 13.5 Å². The highest BCUT2D eigenvalue weighted by Crippen LogP contribution is 2.20. The van der Waals surface area contributed by atoms with Gasteiger partial charge in [-0.1, -0.05) is 12.1 Å². The molecule has 0 atom stereocenters. The number of aliphatic imine (C=N–C) groups is 1. The van der Waals surface area contributed by atoms with E-state index in [-0.39, 0.29) is 0 Å². The fourth-order valence-electron chi connectivity index (χ4n) is 2.30. The summed E-state index contributed by atoms with van der Waals surface area (Å²) in [5.74, 6) is 1.65. The van der Waals surface area contributed by atoms with Gasteiger partial charge in [0.25, 0.3) is 0 Å². The molecule has 0 aliphatic heterocycles. The topological polar surface area (TPSA) is 67.4 Å². The molecule has 0 spiro atoms. The van der Waals surface area contributed by atoms with E-state index in [9.17, 15) is 0 Å². The van der Waals surface area contributed by atoms with Crippen LogP contribution in [-0.2, 0) is 16.0 Å². The summed E-state index contributed by atoms with van der Waals surface area (Å²) in [6.07, 6.45) is 0. The summed E-state index contributed by atoms with van der Waals surface area (Å²) >= 11 is 0. The lowest BCUT2D eigenvalue weighted by atomic mass is 10.1. The zero-order valence-corrected chi connectivity index (χ0v) is 16.8. The zero-order valence-electron chi connectivity index (χ0n) is 16.8. The highest BCUT2D eigenvalue weighted by atomic mass is 16.5. The van der Waals surface area contributed by atoms with Crippen LogP contribution in [0.2, 0.25) is 0 Å². The molecule has 148 valence electrons. The van der Waals surface area contributed by atoms with Gasteiger partial charge in [-0.25, -0.2) is 0 Å². The Labute approximate surface area is 157 Å². The van der Waals surface area contributed by atoms with Crippen LogP contribution >= 0.6 is 0 Å². The average molecular weight is 367 g/mol. The maximum Gasteiger partial charge on any atom is 0.191 e. The van der Waals surface area contributed by atoms with E-state index in [2.05, 4.69) is 46.6 Å². The van der Waals surface area contributed by atoms with E-state index in [0.29, 0.717) is 19.8 Å². The van der Waals surface area contributed by atoms with Crippen LogP contribution in [0.3, 0.4) is 0 Å².